The van der Waals surface area contributed by atoms with Crippen LogP contribution in [0, 0.1) is 0 Å². The summed E-state index contributed by atoms with van der Waals surface area (Å²) in [6.07, 6.45) is 14.1. The van der Waals surface area contributed by atoms with Gasteiger partial charge in [-0.1, -0.05) is 74.7 Å². The van der Waals surface area contributed by atoms with E-state index < -0.39 is 0 Å². The van der Waals surface area contributed by atoms with Gasteiger partial charge in [0.1, 0.15) is 0 Å². The number of thioether (sulfide) groups is 1. The highest BCUT2D eigenvalue weighted by Gasteiger charge is 2.18. The number of fused-ring (bicyclic) bond motifs is 1. The first-order valence-electron chi connectivity index (χ1n) is 15.8. The van der Waals surface area contributed by atoms with Crippen molar-refractivity contribution in [3.8, 4) is 0 Å². The highest BCUT2D eigenvalue weighted by molar-refractivity contribution is 7.98. The fourth-order valence-corrected chi connectivity index (χ4v) is 6.24. The van der Waals surface area contributed by atoms with Crippen molar-refractivity contribution in [1.82, 2.24) is 10.2 Å². The van der Waals surface area contributed by atoms with Crippen LogP contribution in [-0.2, 0) is 12.8 Å². The van der Waals surface area contributed by atoms with Crippen LogP contribution in [0.1, 0.15) is 80.5 Å². The highest BCUT2D eigenvalue weighted by atomic mass is 32.2. The van der Waals surface area contributed by atoms with Crippen molar-refractivity contribution < 1.29 is 0 Å². The minimum Gasteiger partial charge on any atom is -0.372 e. The van der Waals surface area contributed by atoms with Gasteiger partial charge in [-0.15, -0.1) is 0 Å². The number of nitrogens with one attached hydrogen (secondary N) is 1. The normalized spacial score (nSPS) is 16.6. The molecule has 2 aromatic rings. The van der Waals surface area contributed by atoms with Crippen LogP contribution in [0.15, 0.2) is 73.9 Å². The van der Waals surface area contributed by atoms with E-state index in [1.54, 1.807) is 11.6 Å². The molecule has 2 aromatic carbocycles. The molecule has 0 unspecified atom stereocenters. The number of allylic oxidation sites excluding steroid dienone is 2. The van der Waals surface area contributed by atoms with E-state index in [4.69, 9.17) is 0 Å². The summed E-state index contributed by atoms with van der Waals surface area (Å²) in [5.74, 6) is 2.02. The Bertz CT molecular complexity index is 1080. The van der Waals surface area contributed by atoms with Gasteiger partial charge in [0.2, 0.25) is 0 Å². The second-order valence-electron chi connectivity index (χ2n) is 11.6. The molecule has 4 heteroatoms. The number of piperidine rings is 1. The van der Waals surface area contributed by atoms with E-state index in [2.05, 4.69) is 90.5 Å². The van der Waals surface area contributed by atoms with E-state index in [0.29, 0.717) is 0 Å². The lowest BCUT2D eigenvalue weighted by atomic mass is 9.89. The maximum Gasteiger partial charge on any atom is 0.0401 e. The van der Waals surface area contributed by atoms with Gasteiger partial charge in [0.25, 0.3) is 0 Å². The average Bonchev–Trinajstić information content (AvgIpc) is 3.57. The Hall–Kier alpha value is -2.43. The minimum absolute atomic E-state index is 0.746. The Morgan fingerprint density at radius 2 is 1.68 bits per heavy atom. The van der Waals surface area contributed by atoms with Crippen molar-refractivity contribution in [2.75, 3.05) is 56.2 Å². The zero-order chi connectivity index (χ0) is 29.5. The SMILES string of the molecule is C=C(c1ccc(C2CCNCC2)cc1)N1CCCC1.C=CC(=C)C.CCc1ccc2c(c1)N(CCCSC)CCC2. The average molecular weight is 574 g/mol. The zero-order valence-corrected chi connectivity index (χ0v) is 27.0. The molecule has 0 atom stereocenters. The molecule has 3 aliphatic heterocycles. The number of aryl methyl sites for hydroxylation is 2. The molecule has 3 heterocycles. The molecule has 41 heavy (non-hydrogen) atoms. The molecule has 2 saturated heterocycles. The first-order valence-corrected chi connectivity index (χ1v) is 17.2. The molecule has 3 aliphatic rings. The highest BCUT2D eigenvalue weighted by Crippen LogP contribution is 2.29. The van der Waals surface area contributed by atoms with E-state index in [1.807, 2.05) is 18.7 Å². The second-order valence-corrected chi connectivity index (χ2v) is 12.6. The molecule has 0 bridgehead atoms. The Morgan fingerprint density at radius 1 is 1.00 bits per heavy atom. The third-order valence-corrected chi connectivity index (χ3v) is 9.14. The summed E-state index contributed by atoms with van der Waals surface area (Å²) in [5.41, 5.74) is 9.55. The summed E-state index contributed by atoms with van der Waals surface area (Å²) < 4.78 is 0. The molecule has 0 saturated carbocycles. The lowest BCUT2D eigenvalue weighted by Crippen LogP contribution is -2.30. The third kappa shape index (κ3) is 10.7. The standard InChI is InChI=1S/C17H24N2.C15H23NS.C5H8/c1-14(19-12-2-3-13-19)15-4-6-16(7-5-15)17-8-10-18-11-9-17;1-3-13-7-8-14-6-4-9-16(15(14)12-13)10-5-11-17-2;1-4-5(2)3/h4-7,17-18H,1-3,8-13H2;7-8,12H,3-6,9-11H2,1-2H3;4H,1-2H2,3H3. The summed E-state index contributed by atoms with van der Waals surface area (Å²) in [5, 5.41) is 3.43. The van der Waals surface area contributed by atoms with Crippen molar-refractivity contribution in [2.45, 2.75) is 71.1 Å². The van der Waals surface area contributed by atoms with Gasteiger partial charge in [0.15, 0.2) is 0 Å². The summed E-state index contributed by atoms with van der Waals surface area (Å²) in [6.45, 7) is 22.6. The van der Waals surface area contributed by atoms with Gasteiger partial charge in [0, 0.05) is 37.6 Å². The number of benzene rings is 2. The van der Waals surface area contributed by atoms with Crippen LogP contribution < -0.4 is 10.2 Å². The quantitative estimate of drug-likeness (QED) is 0.239. The van der Waals surface area contributed by atoms with Gasteiger partial charge in [-0.25, -0.2) is 0 Å². The van der Waals surface area contributed by atoms with E-state index in [9.17, 15) is 0 Å². The monoisotopic (exact) mass is 573 g/mol. The van der Waals surface area contributed by atoms with Gasteiger partial charge in [0.05, 0.1) is 0 Å². The second kappa shape index (κ2) is 18.2. The third-order valence-electron chi connectivity index (χ3n) is 8.44. The maximum absolute atomic E-state index is 4.27. The molecule has 0 radical (unpaired) electrons. The molecule has 5 rings (SSSR count). The summed E-state index contributed by atoms with van der Waals surface area (Å²) in [4.78, 5) is 5.01. The Kier molecular flexibility index (Phi) is 14.7. The molecule has 224 valence electrons. The van der Waals surface area contributed by atoms with Crippen LogP contribution >= 0.6 is 11.8 Å². The van der Waals surface area contributed by atoms with Crippen molar-refractivity contribution in [3.05, 3.63) is 96.1 Å². The van der Waals surface area contributed by atoms with Crippen molar-refractivity contribution >= 4 is 23.1 Å². The lowest BCUT2D eigenvalue weighted by molar-refractivity contribution is 0.460. The number of hydrogen-bond acceptors (Lipinski definition) is 4. The van der Waals surface area contributed by atoms with E-state index >= 15 is 0 Å². The smallest absolute Gasteiger partial charge is 0.0401 e. The fraction of sp³-hybridized carbons (Fsp3) is 0.514. The maximum atomic E-state index is 4.27. The molecule has 1 N–H and O–H groups in total. The summed E-state index contributed by atoms with van der Waals surface area (Å²) in [6, 6.07) is 16.2. The van der Waals surface area contributed by atoms with Gasteiger partial charge in [-0.3, -0.25) is 0 Å². The van der Waals surface area contributed by atoms with Crippen LogP contribution in [-0.4, -0.2) is 56.2 Å². The van der Waals surface area contributed by atoms with E-state index in [0.717, 1.165) is 31.0 Å². The van der Waals surface area contributed by atoms with Crippen LogP contribution in [0.2, 0.25) is 0 Å². The zero-order valence-electron chi connectivity index (χ0n) is 26.2. The van der Waals surface area contributed by atoms with Crippen LogP contribution in [0.3, 0.4) is 0 Å². The van der Waals surface area contributed by atoms with Crippen LogP contribution in [0.25, 0.3) is 5.70 Å². The predicted octanol–water partition coefficient (Wildman–Crippen LogP) is 8.72. The van der Waals surface area contributed by atoms with Gasteiger partial charge >= 0.3 is 0 Å². The number of rotatable bonds is 9. The fourth-order valence-electron chi connectivity index (χ4n) is 5.82. The predicted molar refractivity (Wildman–Crippen MR) is 185 cm³/mol. The van der Waals surface area contributed by atoms with Crippen LogP contribution in [0.4, 0.5) is 5.69 Å². The van der Waals surface area contributed by atoms with Crippen molar-refractivity contribution in [3.63, 3.8) is 0 Å². The topological polar surface area (TPSA) is 18.5 Å². The van der Waals surface area contributed by atoms with Crippen molar-refractivity contribution in [1.29, 1.82) is 0 Å². The first-order chi connectivity index (χ1) is 20.0. The van der Waals surface area contributed by atoms with E-state index in [-0.39, 0.29) is 0 Å². The van der Waals surface area contributed by atoms with Crippen LogP contribution in [0.5, 0.6) is 0 Å². The Morgan fingerprint density at radius 3 is 2.29 bits per heavy atom. The van der Waals surface area contributed by atoms with Gasteiger partial charge < -0.3 is 15.1 Å². The molecule has 0 aromatic heterocycles. The number of hydrogen-bond donors (Lipinski definition) is 1. The molecule has 0 amide bonds. The van der Waals surface area contributed by atoms with Gasteiger partial charge in [-0.2, -0.15) is 11.8 Å². The minimum atomic E-state index is 0.746. The van der Waals surface area contributed by atoms with E-state index in [1.165, 1.54) is 105 Å². The molecular weight excluding hydrogens is 518 g/mol. The Balaban J connectivity index is 0.000000195. The molecule has 3 nitrogen and oxygen atoms in total. The Labute approximate surface area is 256 Å². The summed E-state index contributed by atoms with van der Waals surface area (Å²) in [7, 11) is 0. The molecular formula is C37H55N3S. The molecule has 2 fully saturated rings. The number of nitrogens with zero attached hydrogens (tertiary/aromatic N) is 2. The summed E-state index contributed by atoms with van der Waals surface area (Å²) >= 11 is 1.95. The van der Waals surface area contributed by atoms with Crippen molar-refractivity contribution in [2.24, 2.45) is 0 Å². The lowest BCUT2D eigenvalue weighted by Gasteiger charge is -2.31. The molecule has 0 aliphatic carbocycles. The number of anilines is 1. The first kappa shape index (κ1) is 33.1. The largest absolute Gasteiger partial charge is 0.372 e. The van der Waals surface area contributed by atoms with Gasteiger partial charge in [-0.05, 0) is 118 Å². The molecule has 0 spiro atoms. The number of likely N-dealkylation sites (tertiary alicyclic amines) is 1.